The quantitative estimate of drug-likeness (QED) is 0.506. The van der Waals surface area contributed by atoms with Gasteiger partial charge in [0.2, 0.25) is 0 Å². The minimum atomic E-state index is -0.382. The smallest absolute Gasteiger partial charge is 0.291 e. The van der Waals surface area contributed by atoms with Gasteiger partial charge in [-0.25, -0.2) is 0 Å². The zero-order valence-electron chi connectivity index (χ0n) is 16.4. The van der Waals surface area contributed by atoms with Crippen LogP contribution < -0.4 is 15.4 Å². The number of hydrogen-bond acceptors (Lipinski definition) is 4. The molecule has 2 N–H and O–H groups in total. The Balaban J connectivity index is 1.39. The number of halogens is 1. The summed E-state index contributed by atoms with van der Waals surface area (Å²) in [5, 5.41) is 5.77. The molecule has 1 aromatic heterocycles. The first-order valence-electron chi connectivity index (χ1n) is 9.68. The summed E-state index contributed by atoms with van der Waals surface area (Å²) in [5.74, 6) is 0.914. The van der Waals surface area contributed by atoms with E-state index >= 15 is 0 Å². The highest BCUT2D eigenvalue weighted by Crippen LogP contribution is 2.22. The molecule has 0 atom stereocenters. The molecular weight excluding hydrogens is 448 g/mol. The van der Waals surface area contributed by atoms with Gasteiger partial charge in [0.15, 0.2) is 5.76 Å². The van der Waals surface area contributed by atoms with E-state index < -0.39 is 0 Å². The Kier molecular flexibility index (Phi) is 5.90. The van der Waals surface area contributed by atoms with Crippen molar-refractivity contribution in [3.8, 4) is 5.75 Å². The average Bonchev–Trinajstić information content (AvgIpc) is 3.42. The van der Waals surface area contributed by atoms with E-state index in [9.17, 15) is 9.59 Å². The van der Waals surface area contributed by atoms with E-state index in [4.69, 9.17) is 9.15 Å². The molecule has 154 valence electrons. The first kappa shape index (κ1) is 20.2. The molecule has 0 saturated heterocycles. The van der Waals surface area contributed by atoms with Gasteiger partial charge in [0.05, 0.1) is 0 Å². The van der Waals surface area contributed by atoms with Crippen LogP contribution in [-0.4, -0.2) is 17.9 Å². The van der Waals surface area contributed by atoms with Crippen LogP contribution in [0.3, 0.4) is 0 Å². The van der Waals surface area contributed by atoms with E-state index in [1.54, 1.807) is 24.3 Å². The Bertz CT molecular complexity index is 1070. The third kappa shape index (κ3) is 5.10. The van der Waals surface area contributed by atoms with Crippen LogP contribution in [0, 0.1) is 6.92 Å². The maximum atomic E-state index is 12.6. The van der Waals surface area contributed by atoms with Crippen molar-refractivity contribution in [2.45, 2.75) is 32.4 Å². The molecule has 1 heterocycles. The zero-order valence-corrected chi connectivity index (χ0v) is 18.0. The van der Waals surface area contributed by atoms with Crippen molar-refractivity contribution in [1.82, 2.24) is 5.32 Å². The van der Waals surface area contributed by atoms with Crippen LogP contribution in [-0.2, 0) is 6.61 Å². The molecule has 6 nitrogen and oxygen atoms in total. The summed E-state index contributed by atoms with van der Waals surface area (Å²) in [6.07, 6.45) is 2.04. The second kappa shape index (κ2) is 8.75. The van der Waals surface area contributed by atoms with Gasteiger partial charge in [0.25, 0.3) is 11.8 Å². The Morgan fingerprint density at radius 3 is 2.57 bits per heavy atom. The molecule has 0 spiro atoms. The van der Waals surface area contributed by atoms with Crippen molar-refractivity contribution in [2.75, 3.05) is 5.32 Å². The zero-order chi connectivity index (χ0) is 21.1. The SMILES string of the molecule is Cc1ccc(C(=O)NC2CC2)cc1NC(=O)c1ccc(COc2ccc(Br)cc2)o1. The van der Waals surface area contributed by atoms with Crippen molar-refractivity contribution in [2.24, 2.45) is 0 Å². The van der Waals surface area contributed by atoms with Crippen molar-refractivity contribution < 1.29 is 18.7 Å². The lowest BCUT2D eigenvalue weighted by Gasteiger charge is -2.10. The summed E-state index contributed by atoms with van der Waals surface area (Å²) in [6, 6.07) is 16.3. The molecule has 30 heavy (non-hydrogen) atoms. The van der Waals surface area contributed by atoms with Crippen LogP contribution in [0.4, 0.5) is 5.69 Å². The minimum Gasteiger partial charge on any atom is -0.486 e. The molecule has 1 aliphatic rings. The van der Waals surface area contributed by atoms with E-state index in [-0.39, 0.29) is 30.2 Å². The van der Waals surface area contributed by atoms with Gasteiger partial charge in [0, 0.05) is 21.8 Å². The molecule has 0 aliphatic heterocycles. The van der Waals surface area contributed by atoms with Crippen molar-refractivity contribution >= 4 is 33.4 Å². The predicted molar refractivity (Wildman–Crippen MR) is 117 cm³/mol. The topological polar surface area (TPSA) is 80.6 Å². The van der Waals surface area contributed by atoms with E-state index in [2.05, 4.69) is 26.6 Å². The molecule has 0 unspecified atom stereocenters. The van der Waals surface area contributed by atoms with E-state index in [1.807, 2.05) is 37.3 Å². The molecule has 1 saturated carbocycles. The molecule has 2 amide bonds. The lowest BCUT2D eigenvalue weighted by atomic mass is 10.1. The number of nitrogens with one attached hydrogen (secondary N) is 2. The minimum absolute atomic E-state index is 0.127. The Morgan fingerprint density at radius 1 is 1.07 bits per heavy atom. The predicted octanol–water partition coefficient (Wildman–Crippen LogP) is 5.07. The number of aryl methyl sites for hydroxylation is 1. The van der Waals surface area contributed by atoms with Gasteiger partial charge in [-0.1, -0.05) is 22.0 Å². The molecule has 2 aromatic carbocycles. The van der Waals surface area contributed by atoms with Gasteiger partial charge in [-0.2, -0.15) is 0 Å². The normalized spacial score (nSPS) is 13.0. The van der Waals surface area contributed by atoms with Crippen LogP contribution in [0.2, 0.25) is 0 Å². The van der Waals surface area contributed by atoms with E-state index in [0.717, 1.165) is 22.9 Å². The highest BCUT2D eigenvalue weighted by atomic mass is 79.9. The maximum absolute atomic E-state index is 12.6. The second-order valence-electron chi connectivity index (χ2n) is 7.24. The maximum Gasteiger partial charge on any atom is 0.291 e. The largest absolute Gasteiger partial charge is 0.486 e. The number of anilines is 1. The molecule has 0 radical (unpaired) electrons. The molecule has 0 bridgehead atoms. The molecule has 1 fully saturated rings. The average molecular weight is 469 g/mol. The van der Waals surface area contributed by atoms with E-state index in [0.29, 0.717) is 22.8 Å². The summed E-state index contributed by atoms with van der Waals surface area (Å²) < 4.78 is 12.3. The van der Waals surface area contributed by atoms with Gasteiger partial charge >= 0.3 is 0 Å². The first-order valence-corrected chi connectivity index (χ1v) is 10.5. The molecule has 3 aromatic rings. The lowest BCUT2D eigenvalue weighted by molar-refractivity contribution is 0.0948. The number of rotatable bonds is 7. The fourth-order valence-corrected chi connectivity index (χ4v) is 3.11. The summed E-state index contributed by atoms with van der Waals surface area (Å²) in [4.78, 5) is 24.9. The van der Waals surface area contributed by atoms with Crippen molar-refractivity contribution in [3.05, 3.63) is 81.7 Å². The molecule has 4 rings (SSSR count). The van der Waals surface area contributed by atoms with Gasteiger partial charge in [-0.3, -0.25) is 9.59 Å². The summed E-state index contributed by atoms with van der Waals surface area (Å²) >= 11 is 3.38. The Labute approximate surface area is 182 Å². The summed E-state index contributed by atoms with van der Waals surface area (Å²) in [7, 11) is 0. The standard InChI is InChI=1S/C23H21BrN2O4/c1-14-2-3-15(22(27)25-17-6-7-17)12-20(14)26-23(28)21-11-10-19(30-21)13-29-18-8-4-16(24)5-9-18/h2-5,8-12,17H,6-7,13H2,1H3,(H,25,27)(H,26,28). The third-order valence-corrected chi connectivity index (χ3v) is 5.27. The summed E-state index contributed by atoms with van der Waals surface area (Å²) in [6.45, 7) is 2.09. The highest BCUT2D eigenvalue weighted by Gasteiger charge is 2.24. The Hall–Kier alpha value is -3.06. The van der Waals surface area contributed by atoms with Gasteiger partial charge in [-0.05, 0) is 73.9 Å². The monoisotopic (exact) mass is 468 g/mol. The van der Waals surface area contributed by atoms with E-state index in [1.165, 1.54) is 0 Å². The van der Waals surface area contributed by atoms with Crippen LogP contribution in [0.1, 0.15) is 45.1 Å². The number of carbonyl (C=O) groups excluding carboxylic acids is 2. The number of furan rings is 1. The molecular formula is C23H21BrN2O4. The van der Waals surface area contributed by atoms with Crippen LogP contribution in [0.15, 0.2) is 63.5 Å². The third-order valence-electron chi connectivity index (χ3n) is 4.74. The molecule has 7 heteroatoms. The van der Waals surface area contributed by atoms with Crippen LogP contribution in [0.25, 0.3) is 0 Å². The first-order chi connectivity index (χ1) is 14.5. The number of benzene rings is 2. The second-order valence-corrected chi connectivity index (χ2v) is 8.16. The number of amides is 2. The molecule has 1 aliphatic carbocycles. The number of hydrogen-bond donors (Lipinski definition) is 2. The Morgan fingerprint density at radius 2 is 1.83 bits per heavy atom. The lowest BCUT2D eigenvalue weighted by Crippen LogP contribution is -2.25. The van der Waals surface area contributed by atoms with Gasteiger partial charge in [-0.15, -0.1) is 0 Å². The number of ether oxygens (including phenoxy) is 1. The van der Waals surface area contributed by atoms with Gasteiger partial charge < -0.3 is 19.8 Å². The van der Waals surface area contributed by atoms with Crippen molar-refractivity contribution in [1.29, 1.82) is 0 Å². The highest BCUT2D eigenvalue weighted by molar-refractivity contribution is 9.10. The number of carbonyl (C=O) groups is 2. The van der Waals surface area contributed by atoms with Gasteiger partial charge in [0.1, 0.15) is 18.1 Å². The van der Waals surface area contributed by atoms with Crippen molar-refractivity contribution in [3.63, 3.8) is 0 Å². The fourth-order valence-electron chi connectivity index (χ4n) is 2.84. The summed E-state index contributed by atoms with van der Waals surface area (Å²) in [5.41, 5.74) is 1.95. The van der Waals surface area contributed by atoms with Crippen LogP contribution in [0.5, 0.6) is 5.75 Å². The van der Waals surface area contributed by atoms with Crippen LogP contribution >= 0.6 is 15.9 Å². The fraction of sp³-hybridized carbons (Fsp3) is 0.217.